The predicted octanol–water partition coefficient (Wildman–Crippen LogP) is 4.85. The second-order valence-electron chi connectivity index (χ2n) is 6.51. The third kappa shape index (κ3) is 2.83. The van der Waals surface area contributed by atoms with Crippen LogP contribution >= 0.6 is 15.9 Å². The van der Waals surface area contributed by atoms with Crippen molar-refractivity contribution >= 4 is 21.8 Å². The summed E-state index contributed by atoms with van der Waals surface area (Å²) in [6.45, 7) is -2.91. The highest BCUT2D eigenvalue weighted by Crippen LogP contribution is 2.50. The zero-order chi connectivity index (χ0) is 19.3. The number of nitrogens with zero attached hydrogens (tertiary/aromatic N) is 3. The molecule has 140 valence electrons. The molecule has 0 unspecified atom stereocenters. The van der Waals surface area contributed by atoms with Crippen molar-refractivity contribution in [2.75, 3.05) is 6.54 Å². The van der Waals surface area contributed by atoms with Gasteiger partial charge in [-0.3, -0.25) is 4.99 Å². The topological polar surface area (TPSA) is 48.6 Å². The fraction of sp³-hybridized carbons (Fsp3) is 0.333. The zero-order valence-corrected chi connectivity index (χ0v) is 15.3. The number of alkyl halides is 3. The van der Waals surface area contributed by atoms with Crippen molar-refractivity contribution in [3.63, 3.8) is 0 Å². The van der Waals surface area contributed by atoms with Crippen LogP contribution in [0.3, 0.4) is 0 Å². The van der Waals surface area contributed by atoms with E-state index in [2.05, 4.69) is 25.7 Å². The molecular formula is C18H12BrF4N3O. The first-order valence-electron chi connectivity index (χ1n) is 8.12. The van der Waals surface area contributed by atoms with Crippen LogP contribution in [0, 0.1) is 17.1 Å². The van der Waals surface area contributed by atoms with Crippen molar-refractivity contribution < 1.29 is 22.3 Å². The van der Waals surface area contributed by atoms with E-state index in [1.54, 1.807) is 6.07 Å². The van der Waals surface area contributed by atoms with Gasteiger partial charge in [0.15, 0.2) is 11.6 Å². The van der Waals surface area contributed by atoms with E-state index >= 15 is 0 Å². The van der Waals surface area contributed by atoms with Gasteiger partial charge in [0, 0.05) is 17.8 Å². The number of halogens is 5. The average molecular weight is 442 g/mol. The summed E-state index contributed by atoms with van der Waals surface area (Å²) in [5, 5.41) is 9.15. The molecule has 0 fully saturated rings. The molecule has 4 nitrogen and oxygen atoms in total. The maximum Gasteiger partial charge on any atom is 0.387 e. The van der Waals surface area contributed by atoms with Gasteiger partial charge in [0.1, 0.15) is 23.6 Å². The van der Waals surface area contributed by atoms with Gasteiger partial charge in [-0.1, -0.05) is 6.07 Å². The number of hydrogen-bond donors (Lipinski definition) is 0. The fourth-order valence-corrected chi connectivity index (χ4v) is 4.17. The minimum Gasteiger partial charge on any atom is -0.431 e. The predicted molar refractivity (Wildman–Crippen MR) is 91.9 cm³/mol. The van der Waals surface area contributed by atoms with Gasteiger partial charge in [0.05, 0.1) is 16.6 Å². The summed E-state index contributed by atoms with van der Waals surface area (Å²) in [6, 6.07) is 4.97. The van der Waals surface area contributed by atoms with Crippen LogP contribution in [-0.4, -0.2) is 23.9 Å². The van der Waals surface area contributed by atoms with Crippen LogP contribution in [0.25, 0.3) is 0 Å². The Morgan fingerprint density at radius 3 is 2.89 bits per heavy atom. The highest BCUT2D eigenvalue weighted by molar-refractivity contribution is 9.10. The van der Waals surface area contributed by atoms with Gasteiger partial charge >= 0.3 is 6.61 Å². The minimum absolute atomic E-state index is 0.0502. The van der Waals surface area contributed by atoms with Crippen LogP contribution in [0.4, 0.5) is 17.6 Å². The molecule has 2 heterocycles. The average Bonchev–Trinajstić information content (AvgIpc) is 3.00. The zero-order valence-electron chi connectivity index (χ0n) is 13.7. The normalized spacial score (nSPS) is 26.2. The van der Waals surface area contributed by atoms with E-state index < -0.39 is 24.1 Å². The number of ether oxygens (including phenoxy) is 1. The summed E-state index contributed by atoms with van der Waals surface area (Å²) in [6.07, 6.45) is 1.51. The quantitative estimate of drug-likeness (QED) is 0.616. The number of benzene rings is 1. The smallest absolute Gasteiger partial charge is 0.387 e. The Bertz CT molecular complexity index is 953. The number of amidine groups is 1. The van der Waals surface area contributed by atoms with Crippen molar-refractivity contribution in [1.29, 1.82) is 5.26 Å². The fourth-order valence-electron chi connectivity index (χ4n) is 3.82. The van der Waals surface area contributed by atoms with Crippen molar-refractivity contribution in [3.8, 4) is 6.07 Å². The lowest BCUT2D eigenvalue weighted by Crippen LogP contribution is -2.36. The maximum atomic E-state index is 14.6. The second-order valence-corrected chi connectivity index (χ2v) is 7.36. The molecule has 4 rings (SSSR count). The molecule has 2 atom stereocenters. The van der Waals surface area contributed by atoms with Crippen LogP contribution < -0.4 is 0 Å². The SMILES string of the molecule is N#CC1=CN2C[C@@]3(CC[C@H](F)c4c3ccc(Br)c4F)N=C2C(OC(F)F)=C1. The summed E-state index contributed by atoms with van der Waals surface area (Å²) >= 11 is 3.07. The van der Waals surface area contributed by atoms with Crippen LogP contribution in [0.2, 0.25) is 0 Å². The Labute approximate surface area is 160 Å². The first kappa shape index (κ1) is 18.0. The van der Waals surface area contributed by atoms with E-state index in [9.17, 15) is 17.6 Å². The Balaban J connectivity index is 1.85. The lowest BCUT2D eigenvalue weighted by Gasteiger charge is -2.35. The number of hydrogen-bond acceptors (Lipinski definition) is 4. The van der Waals surface area contributed by atoms with Crippen molar-refractivity contribution in [1.82, 2.24) is 4.90 Å². The Morgan fingerprint density at radius 2 is 2.19 bits per heavy atom. The molecule has 1 aliphatic carbocycles. The van der Waals surface area contributed by atoms with Crippen molar-refractivity contribution in [2.45, 2.75) is 31.2 Å². The standard InChI is InChI=1S/C18H12BrF4N3O/c19-11-2-1-10-14(15(11)21)12(20)3-4-18(10)8-26-7-9(6-24)5-13(16(26)25-18)27-17(22)23/h1-2,5,7,12,17H,3-4,8H2/t12-,18+/m0/s1. The minimum atomic E-state index is -3.09. The molecule has 9 heteroatoms. The summed E-state index contributed by atoms with van der Waals surface area (Å²) < 4.78 is 59.3. The molecule has 1 spiro atoms. The van der Waals surface area contributed by atoms with E-state index in [-0.39, 0.29) is 46.6 Å². The number of rotatable bonds is 2. The number of nitriles is 1. The van der Waals surface area contributed by atoms with E-state index in [1.165, 1.54) is 23.2 Å². The summed E-state index contributed by atoms with van der Waals surface area (Å²) in [5.74, 6) is -0.791. The monoisotopic (exact) mass is 441 g/mol. The van der Waals surface area contributed by atoms with E-state index in [0.29, 0.717) is 5.56 Å². The van der Waals surface area contributed by atoms with Gasteiger partial charge in [-0.25, -0.2) is 8.78 Å². The van der Waals surface area contributed by atoms with Crippen LogP contribution in [-0.2, 0) is 10.3 Å². The van der Waals surface area contributed by atoms with Gasteiger partial charge in [0.2, 0.25) is 0 Å². The summed E-state index contributed by atoms with van der Waals surface area (Å²) in [4.78, 5) is 6.09. The van der Waals surface area contributed by atoms with Gasteiger partial charge in [0.25, 0.3) is 0 Å². The molecule has 2 aliphatic heterocycles. The molecule has 1 aromatic rings. The number of allylic oxidation sites excluding steroid dienone is 2. The molecule has 0 amide bonds. The first-order valence-corrected chi connectivity index (χ1v) is 8.92. The molecule has 3 aliphatic rings. The molecule has 0 N–H and O–H groups in total. The largest absolute Gasteiger partial charge is 0.431 e. The molecule has 0 saturated carbocycles. The Hall–Kier alpha value is -2.34. The van der Waals surface area contributed by atoms with Gasteiger partial charge in [-0.2, -0.15) is 14.0 Å². The van der Waals surface area contributed by atoms with E-state index in [1.807, 2.05) is 6.07 Å². The van der Waals surface area contributed by atoms with Crippen LogP contribution in [0.15, 0.2) is 45.2 Å². The Morgan fingerprint density at radius 1 is 1.41 bits per heavy atom. The molecule has 1 aromatic carbocycles. The van der Waals surface area contributed by atoms with Gasteiger partial charge < -0.3 is 9.64 Å². The van der Waals surface area contributed by atoms with Crippen LogP contribution in [0.1, 0.15) is 30.1 Å². The van der Waals surface area contributed by atoms with Gasteiger partial charge in [-0.05, 0) is 40.4 Å². The molecule has 0 saturated heterocycles. The molecular weight excluding hydrogens is 430 g/mol. The Kier molecular flexibility index (Phi) is 4.26. The van der Waals surface area contributed by atoms with E-state index in [0.717, 1.165) is 0 Å². The molecule has 27 heavy (non-hydrogen) atoms. The highest BCUT2D eigenvalue weighted by atomic mass is 79.9. The molecule has 0 aromatic heterocycles. The lowest BCUT2D eigenvalue weighted by atomic mass is 9.76. The molecule has 0 radical (unpaired) electrons. The molecule has 0 bridgehead atoms. The first-order chi connectivity index (χ1) is 12.8. The third-order valence-electron chi connectivity index (χ3n) is 4.93. The lowest BCUT2D eigenvalue weighted by molar-refractivity contribution is -0.0906. The number of aliphatic imine (C=N–C) groups is 1. The highest BCUT2D eigenvalue weighted by Gasteiger charge is 2.48. The third-order valence-corrected chi connectivity index (χ3v) is 5.54. The van der Waals surface area contributed by atoms with Crippen molar-refractivity contribution in [2.24, 2.45) is 4.99 Å². The van der Waals surface area contributed by atoms with Crippen LogP contribution in [0.5, 0.6) is 0 Å². The number of fused-ring (bicyclic) bond motifs is 3. The maximum absolute atomic E-state index is 14.6. The van der Waals surface area contributed by atoms with E-state index in [4.69, 9.17) is 5.26 Å². The summed E-state index contributed by atoms with van der Waals surface area (Å²) in [7, 11) is 0. The van der Waals surface area contributed by atoms with Gasteiger partial charge in [-0.15, -0.1) is 0 Å². The summed E-state index contributed by atoms with van der Waals surface area (Å²) in [5.41, 5.74) is -0.555. The second kappa shape index (κ2) is 6.37. The van der Waals surface area contributed by atoms with Crippen molar-refractivity contribution in [3.05, 3.63) is 57.2 Å².